The number of benzene rings is 2. The predicted molar refractivity (Wildman–Crippen MR) is 90.1 cm³/mol. The monoisotopic (exact) mass is 329 g/mol. The lowest BCUT2D eigenvalue weighted by Crippen LogP contribution is -2.05. The third kappa shape index (κ3) is 7.74. The van der Waals surface area contributed by atoms with Crippen molar-refractivity contribution in [2.24, 2.45) is 0 Å². The van der Waals surface area contributed by atoms with Crippen molar-refractivity contribution < 1.29 is 24.6 Å². The molecule has 0 fully saturated rings. The number of nitrogens with one attached hydrogen (secondary N) is 1. The first-order valence-electron chi connectivity index (χ1n) is 7.25. The minimum atomic E-state index is -0.977. The van der Waals surface area contributed by atoms with Crippen LogP contribution in [0.5, 0.6) is 0 Å². The Morgan fingerprint density at radius 1 is 0.917 bits per heavy atom. The fourth-order valence-corrected chi connectivity index (χ4v) is 1.80. The van der Waals surface area contributed by atoms with Crippen molar-refractivity contribution in [3.63, 3.8) is 0 Å². The van der Waals surface area contributed by atoms with Crippen LogP contribution in [0.4, 0.5) is 5.69 Å². The van der Waals surface area contributed by atoms with E-state index in [2.05, 4.69) is 5.32 Å². The number of aliphatic carboxylic acids is 1. The smallest absolute Gasteiger partial charge is 0.335 e. The molecular formula is C18H19NO5. The van der Waals surface area contributed by atoms with Crippen molar-refractivity contribution >= 4 is 23.5 Å². The van der Waals surface area contributed by atoms with Crippen LogP contribution >= 0.6 is 0 Å². The highest BCUT2D eigenvalue weighted by atomic mass is 16.4. The summed E-state index contributed by atoms with van der Waals surface area (Å²) in [5, 5.41) is 19.5. The SMILES string of the molecule is CC(=O)Nc1ccc(C(=O)O)cc1.O=C(O)CCc1ccccc1. The van der Waals surface area contributed by atoms with Crippen molar-refractivity contribution in [1.29, 1.82) is 0 Å². The first-order valence-corrected chi connectivity index (χ1v) is 7.25. The molecule has 2 rings (SSSR count). The summed E-state index contributed by atoms with van der Waals surface area (Å²) < 4.78 is 0. The molecule has 2 aromatic carbocycles. The van der Waals surface area contributed by atoms with Crippen molar-refractivity contribution in [2.75, 3.05) is 5.32 Å². The number of rotatable bonds is 5. The standard InChI is InChI=1S/C9H9NO3.C9H10O2/c1-6(11)10-8-4-2-7(3-5-8)9(12)13;10-9(11)7-6-8-4-2-1-3-5-8/h2-5H,1H3,(H,10,11)(H,12,13);1-5H,6-7H2,(H,10,11). The zero-order chi connectivity index (χ0) is 17.9. The number of hydrogen-bond acceptors (Lipinski definition) is 3. The fraction of sp³-hybridized carbons (Fsp3) is 0.167. The van der Waals surface area contributed by atoms with Crippen molar-refractivity contribution in [3.8, 4) is 0 Å². The molecule has 6 heteroatoms. The molecule has 0 unspecified atom stereocenters. The molecule has 3 N–H and O–H groups in total. The summed E-state index contributed by atoms with van der Waals surface area (Å²) in [4.78, 5) is 31.2. The van der Waals surface area contributed by atoms with Gasteiger partial charge in [0.15, 0.2) is 0 Å². The Kier molecular flexibility index (Phi) is 7.70. The lowest BCUT2D eigenvalue weighted by atomic mass is 10.1. The molecule has 2 aromatic rings. The average Bonchev–Trinajstić information content (AvgIpc) is 2.54. The van der Waals surface area contributed by atoms with Crippen LogP contribution in [-0.4, -0.2) is 28.1 Å². The highest BCUT2D eigenvalue weighted by Crippen LogP contribution is 2.09. The molecular weight excluding hydrogens is 310 g/mol. The van der Waals surface area contributed by atoms with Gasteiger partial charge in [-0.3, -0.25) is 9.59 Å². The molecule has 0 atom stereocenters. The minimum absolute atomic E-state index is 0.178. The van der Waals surface area contributed by atoms with Gasteiger partial charge in [-0.05, 0) is 36.2 Å². The molecule has 0 aromatic heterocycles. The number of aromatic carboxylic acids is 1. The molecule has 126 valence electrons. The zero-order valence-electron chi connectivity index (χ0n) is 13.2. The summed E-state index contributed by atoms with van der Waals surface area (Å²) in [6, 6.07) is 15.6. The lowest BCUT2D eigenvalue weighted by molar-refractivity contribution is -0.137. The Balaban J connectivity index is 0.000000243. The van der Waals surface area contributed by atoms with Crippen molar-refractivity contribution in [3.05, 3.63) is 65.7 Å². The Morgan fingerprint density at radius 3 is 1.96 bits per heavy atom. The van der Waals surface area contributed by atoms with Gasteiger partial charge in [-0.25, -0.2) is 4.79 Å². The molecule has 0 aliphatic carbocycles. The second kappa shape index (κ2) is 9.78. The van der Waals surface area contributed by atoms with Gasteiger partial charge in [-0.1, -0.05) is 30.3 Å². The van der Waals surface area contributed by atoms with Crippen LogP contribution < -0.4 is 5.32 Å². The summed E-state index contributed by atoms with van der Waals surface area (Å²) in [6.45, 7) is 1.39. The van der Waals surface area contributed by atoms with Crippen molar-refractivity contribution in [2.45, 2.75) is 19.8 Å². The van der Waals surface area contributed by atoms with E-state index in [1.54, 1.807) is 12.1 Å². The number of amides is 1. The van der Waals surface area contributed by atoms with Crippen LogP contribution in [0.25, 0.3) is 0 Å². The number of anilines is 1. The molecule has 0 heterocycles. The number of carboxylic acid groups (broad SMARTS) is 2. The van der Waals surface area contributed by atoms with Crippen LogP contribution in [-0.2, 0) is 16.0 Å². The van der Waals surface area contributed by atoms with E-state index >= 15 is 0 Å². The van der Waals surface area contributed by atoms with E-state index in [1.807, 2.05) is 30.3 Å². The molecule has 0 aliphatic rings. The Labute approximate surface area is 139 Å². The van der Waals surface area contributed by atoms with E-state index in [-0.39, 0.29) is 17.9 Å². The summed E-state index contributed by atoms with van der Waals surface area (Å²) >= 11 is 0. The highest BCUT2D eigenvalue weighted by Gasteiger charge is 2.01. The lowest BCUT2D eigenvalue weighted by Gasteiger charge is -2.01. The summed E-state index contributed by atoms with van der Waals surface area (Å²) in [7, 11) is 0. The van der Waals surface area contributed by atoms with Crippen LogP contribution in [0.1, 0.15) is 29.3 Å². The Morgan fingerprint density at radius 2 is 1.50 bits per heavy atom. The molecule has 0 saturated carbocycles. The second-order valence-electron chi connectivity index (χ2n) is 4.94. The second-order valence-corrected chi connectivity index (χ2v) is 4.94. The maximum atomic E-state index is 10.6. The number of hydrogen-bond donors (Lipinski definition) is 3. The molecule has 0 spiro atoms. The first-order chi connectivity index (χ1) is 11.4. The van der Waals surface area contributed by atoms with Gasteiger partial charge in [0.25, 0.3) is 0 Å². The van der Waals surface area contributed by atoms with Crippen LogP contribution in [0.15, 0.2) is 54.6 Å². The third-order valence-corrected chi connectivity index (χ3v) is 2.92. The Hall–Kier alpha value is -3.15. The van der Waals surface area contributed by atoms with Gasteiger partial charge in [-0.2, -0.15) is 0 Å². The zero-order valence-corrected chi connectivity index (χ0v) is 13.2. The molecule has 0 bridgehead atoms. The van der Waals surface area contributed by atoms with Gasteiger partial charge in [0.05, 0.1) is 5.56 Å². The van der Waals surface area contributed by atoms with Gasteiger partial charge < -0.3 is 15.5 Å². The normalized spacial score (nSPS) is 9.38. The fourth-order valence-electron chi connectivity index (χ4n) is 1.80. The van der Waals surface area contributed by atoms with Gasteiger partial charge in [0, 0.05) is 19.0 Å². The van der Waals surface area contributed by atoms with Gasteiger partial charge in [0.2, 0.25) is 5.91 Å². The topological polar surface area (TPSA) is 104 Å². The molecule has 24 heavy (non-hydrogen) atoms. The molecule has 0 saturated heterocycles. The molecule has 0 aliphatic heterocycles. The summed E-state index contributed by atoms with van der Waals surface area (Å²) in [6.07, 6.45) is 0.834. The average molecular weight is 329 g/mol. The Bertz CT molecular complexity index is 680. The van der Waals surface area contributed by atoms with E-state index in [9.17, 15) is 14.4 Å². The number of carbonyl (C=O) groups is 3. The maximum Gasteiger partial charge on any atom is 0.335 e. The number of aryl methyl sites for hydroxylation is 1. The van der Waals surface area contributed by atoms with Gasteiger partial charge in [-0.15, -0.1) is 0 Å². The first kappa shape index (κ1) is 18.9. The van der Waals surface area contributed by atoms with E-state index in [4.69, 9.17) is 10.2 Å². The molecule has 6 nitrogen and oxygen atoms in total. The largest absolute Gasteiger partial charge is 0.481 e. The van der Waals surface area contributed by atoms with E-state index in [0.29, 0.717) is 12.1 Å². The maximum absolute atomic E-state index is 10.6. The highest BCUT2D eigenvalue weighted by molar-refractivity contribution is 5.91. The third-order valence-electron chi connectivity index (χ3n) is 2.92. The quantitative estimate of drug-likeness (QED) is 0.782. The van der Waals surface area contributed by atoms with E-state index in [1.165, 1.54) is 19.1 Å². The van der Waals surface area contributed by atoms with Gasteiger partial charge >= 0.3 is 11.9 Å². The van der Waals surface area contributed by atoms with E-state index < -0.39 is 11.9 Å². The minimum Gasteiger partial charge on any atom is -0.481 e. The van der Waals surface area contributed by atoms with Crippen LogP contribution in [0.3, 0.4) is 0 Å². The number of carbonyl (C=O) groups excluding carboxylic acids is 1. The summed E-state index contributed by atoms with van der Waals surface area (Å²) in [5.74, 6) is -1.90. The molecule has 1 amide bonds. The van der Waals surface area contributed by atoms with Crippen LogP contribution in [0.2, 0.25) is 0 Å². The van der Waals surface area contributed by atoms with Crippen molar-refractivity contribution in [1.82, 2.24) is 0 Å². The van der Waals surface area contributed by atoms with E-state index in [0.717, 1.165) is 5.56 Å². The summed E-state index contributed by atoms with van der Waals surface area (Å²) in [5.41, 5.74) is 1.88. The number of carboxylic acids is 2. The molecule has 0 radical (unpaired) electrons. The predicted octanol–water partition coefficient (Wildman–Crippen LogP) is 3.05. The van der Waals surface area contributed by atoms with Gasteiger partial charge in [0.1, 0.15) is 0 Å². The van der Waals surface area contributed by atoms with Crippen LogP contribution in [0, 0.1) is 0 Å².